The molecule has 0 spiro atoms. The first-order chi connectivity index (χ1) is 6.54. The summed E-state index contributed by atoms with van der Waals surface area (Å²) < 4.78 is 0.996. The van der Waals surface area contributed by atoms with Crippen LogP contribution in [0, 0.1) is 5.92 Å². The van der Waals surface area contributed by atoms with Gasteiger partial charge in [0.2, 0.25) is 0 Å². The highest BCUT2D eigenvalue weighted by Gasteiger charge is 2.09. The van der Waals surface area contributed by atoms with Gasteiger partial charge in [0.05, 0.1) is 5.69 Å². The summed E-state index contributed by atoms with van der Waals surface area (Å²) in [5, 5.41) is 0.520. The molecule has 0 amide bonds. The van der Waals surface area contributed by atoms with E-state index in [0.29, 0.717) is 17.6 Å². The van der Waals surface area contributed by atoms with Crippen LogP contribution in [0.2, 0.25) is 5.15 Å². The van der Waals surface area contributed by atoms with Crippen LogP contribution < -0.4 is 5.73 Å². The van der Waals surface area contributed by atoms with Gasteiger partial charge in [-0.25, -0.2) is 4.98 Å². The number of hydrogen-bond donors (Lipinski definition) is 1. The summed E-state index contributed by atoms with van der Waals surface area (Å²) in [6.07, 6.45) is 0.922. The van der Waals surface area contributed by atoms with Gasteiger partial charge in [0.1, 0.15) is 5.15 Å². The summed E-state index contributed by atoms with van der Waals surface area (Å²) >= 11 is 9.45. The molecule has 4 heteroatoms. The molecule has 0 aliphatic heterocycles. The Kier molecular flexibility index (Phi) is 4.35. The van der Waals surface area contributed by atoms with E-state index in [4.69, 9.17) is 17.3 Å². The molecule has 0 saturated carbocycles. The molecule has 14 heavy (non-hydrogen) atoms. The maximum atomic E-state index is 5.97. The molecule has 0 saturated heterocycles. The molecule has 0 atom stereocenters. The summed E-state index contributed by atoms with van der Waals surface area (Å²) in [6, 6.07) is 1.95. The fraction of sp³-hybridized carbons (Fsp3) is 0.500. The fourth-order valence-corrected chi connectivity index (χ4v) is 1.97. The largest absolute Gasteiger partial charge is 0.326 e. The zero-order valence-corrected chi connectivity index (χ0v) is 10.7. The van der Waals surface area contributed by atoms with Crippen LogP contribution in [0.15, 0.2) is 10.5 Å². The van der Waals surface area contributed by atoms with Gasteiger partial charge in [0, 0.05) is 16.6 Å². The zero-order chi connectivity index (χ0) is 10.7. The van der Waals surface area contributed by atoms with Crippen LogP contribution in [-0.2, 0) is 13.0 Å². The van der Waals surface area contributed by atoms with Gasteiger partial charge in [-0.2, -0.15) is 0 Å². The first-order valence-corrected chi connectivity index (χ1v) is 5.75. The average Bonchev–Trinajstić information content (AvgIpc) is 2.10. The van der Waals surface area contributed by atoms with Crippen molar-refractivity contribution in [2.75, 3.05) is 0 Å². The summed E-state index contributed by atoms with van der Waals surface area (Å²) in [7, 11) is 0. The number of aromatic nitrogens is 1. The Hall–Kier alpha value is -0.120. The van der Waals surface area contributed by atoms with Crippen molar-refractivity contribution in [2.45, 2.75) is 26.8 Å². The van der Waals surface area contributed by atoms with Crippen LogP contribution in [0.25, 0.3) is 0 Å². The Bertz CT molecular complexity index is 326. The van der Waals surface area contributed by atoms with Crippen molar-refractivity contribution >= 4 is 27.5 Å². The van der Waals surface area contributed by atoms with Gasteiger partial charge < -0.3 is 5.73 Å². The van der Waals surface area contributed by atoms with Gasteiger partial charge in [0.15, 0.2) is 0 Å². The summed E-state index contributed by atoms with van der Waals surface area (Å²) in [5.74, 6) is 0.568. The molecule has 0 bridgehead atoms. The van der Waals surface area contributed by atoms with Gasteiger partial charge in [0.25, 0.3) is 0 Å². The maximum Gasteiger partial charge on any atom is 0.133 e. The van der Waals surface area contributed by atoms with Gasteiger partial charge in [-0.05, 0) is 34.3 Å². The molecule has 78 valence electrons. The summed E-state index contributed by atoms with van der Waals surface area (Å²) in [6.45, 7) is 4.73. The van der Waals surface area contributed by atoms with Crippen LogP contribution >= 0.6 is 27.5 Å². The Balaban J connectivity index is 3.02. The maximum absolute atomic E-state index is 5.97. The van der Waals surface area contributed by atoms with Gasteiger partial charge >= 0.3 is 0 Å². The predicted molar refractivity (Wildman–Crippen MR) is 63.4 cm³/mol. The monoisotopic (exact) mass is 276 g/mol. The van der Waals surface area contributed by atoms with E-state index in [1.807, 2.05) is 6.07 Å². The lowest BCUT2D eigenvalue weighted by Crippen LogP contribution is -2.04. The Morgan fingerprint density at radius 3 is 2.71 bits per heavy atom. The van der Waals surface area contributed by atoms with Crippen molar-refractivity contribution < 1.29 is 0 Å². The minimum Gasteiger partial charge on any atom is -0.326 e. The minimum absolute atomic E-state index is 0.423. The third kappa shape index (κ3) is 2.94. The van der Waals surface area contributed by atoms with Crippen LogP contribution in [0.1, 0.15) is 25.1 Å². The molecular weight excluding hydrogens is 263 g/mol. The minimum atomic E-state index is 0.423. The molecule has 0 aliphatic rings. The molecule has 1 rings (SSSR count). The number of halogens is 2. The Morgan fingerprint density at radius 2 is 2.21 bits per heavy atom. The molecule has 1 aromatic rings. The van der Waals surface area contributed by atoms with E-state index < -0.39 is 0 Å². The van der Waals surface area contributed by atoms with E-state index in [1.165, 1.54) is 0 Å². The van der Waals surface area contributed by atoms with E-state index in [2.05, 4.69) is 34.8 Å². The molecule has 0 fully saturated rings. The van der Waals surface area contributed by atoms with Crippen molar-refractivity contribution in [2.24, 2.45) is 11.7 Å². The van der Waals surface area contributed by atoms with Crippen LogP contribution in [0.5, 0.6) is 0 Å². The van der Waals surface area contributed by atoms with Crippen LogP contribution in [0.3, 0.4) is 0 Å². The van der Waals surface area contributed by atoms with Crippen molar-refractivity contribution in [3.05, 3.63) is 26.9 Å². The van der Waals surface area contributed by atoms with Crippen LogP contribution in [0.4, 0.5) is 0 Å². The number of rotatable bonds is 3. The standard InChI is InChI=1S/C10H14BrClN2/c1-6(2)3-9-8(11)4-7(5-13)10(12)14-9/h4,6H,3,5,13H2,1-2H3. The predicted octanol–water partition coefficient (Wildman–Crippen LogP) is 3.15. The summed E-state index contributed by atoms with van der Waals surface area (Å²) in [5.41, 5.74) is 7.41. The third-order valence-corrected chi connectivity index (χ3v) is 2.91. The molecule has 0 aromatic carbocycles. The first-order valence-electron chi connectivity index (χ1n) is 4.58. The quantitative estimate of drug-likeness (QED) is 0.862. The topological polar surface area (TPSA) is 38.9 Å². The number of nitrogens with zero attached hydrogens (tertiary/aromatic N) is 1. The molecular formula is C10H14BrClN2. The normalized spacial score (nSPS) is 11.0. The Labute approximate surface area is 98.0 Å². The molecule has 0 unspecified atom stereocenters. The van der Waals surface area contributed by atoms with E-state index in [9.17, 15) is 0 Å². The van der Waals surface area contributed by atoms with Gasteiger partial charge in [-0.1, -0.05) is 25.4 Å². The summed E-state index contributed by atoms with van der Waals surface area (Å²) in [4.78, 5) is 4.32. The highest BCUT2D eigenvalue weighted by atomic mass is 79.9. The van der Waals surface area contributed by atoms with Crippen molar-refractivity contribution in [1.82, 2.24) is 4.98 Å². The molecule has 1 aromatic heterocycles. The average molecular weight is 278 g/mol. The lowest BCUT2D eigenvalue weighted by Gasteiger charge is -2.09. The zero-order valence-electron chi connectivity index (χ0n) is 8.35. The second kappa shape index (κ2) is 5.10. The number of nitrogens with two attached hydrogens (primary N) is 1. The second-order valence-corrected chi connectivity index (χ2v) is 4.88. The highest BCUT2D eigenvalue weighted by Crippen LogP contribution is 2.23. The van der Waals surface area contributed by atoms with Gasteiger partial charge in [-0.3, -0.25) is 0 Å². The Morgan fingerprint density at radius 1 is 1.57 bits per heavy atom. The first kappa shape index (κ1) is 12.0. The van der Waals surface area contributed by atoms with Crippen molar-refractivity contribution in [3.63, 3.8) is 0 Å². The number of hydrogen-bond acceptors (Lipinski definition) is 2. The van der Waals surface area contributed by atoms with Crippen LogP contribution in [-0.4, -0.2) is 4.98 Å². The van der Waals surface area contributed by atoms with E-state index in [1.54, 1.807) is 0 Å². The van der Waals surface area contributed by atoms with Crippen molar-refractivity contribution in [1.29, 1.82) is 0 Å². The lowest BCUT2D eigenvalue weighted by atomic mass is 10.1. The fourth-order valence-electron chi connectivity index (χ4n) is 1.21. The van der Waals surface area contributed by atoms with E-state index >= 15 is 0 Å². The molecule has 2 N–H and O–H groups in total. The molecule has 2 nitrogen and oxygen atoms in total. The third-order valence-electron chi connectivity index (χ3n) is 1.90. The van der Waals surface area contributed by atoms with E-state index in [0.717, 1.165) is 22.2 Å². The van der Waals surface area contributed by atoms with Crippen molar-refractivity contribution in [3.8, 4) is 0 Å². The molecule has 0 aliphatic carbocycles. The van der Waals surface area contributed by atoms with Gasteiger partial charge in [-0.15, -0.1) is 0 Å². The smallest absolute Gasteiger partial charge is 0.133 e. The lowest BCUT2D eigenvalue weighted by molar-refractivity contribution is 0.633. The second-order valence-electron chi connectivity index (χ2n) is 3.67. The number of pyridine rings is 1. The molecule has 1 heterocycles. The molecule has 0 radical (unpaired) electrons. The highest BCUT2D eigenvalue weighted by molar-refractivity contribution is 9.10. The SMILES string of the molecule is CC(C)Cc1nc(Cl)c(CN)cc1Br. The van der Waals surface area contributed by atoms with E-state index in [-0.39, 0.29) is 0 Å².